The van der Waals surface area contributed by atoms with Crippen molar-refractivity contribution in [3.63, 3.8) is 0 Å². The van der Waals surface area contributed by atoms with Crippen LogP contribution < -0.4 is 4.74 Å². The lowest BCUT2D eigenvalue weighted by Gasteiger charge is -2.29. The lowest BCUT2D eigenvalue weighted by molar-refractivity contribution is -0.140. The Labute approximate surface area is 234 Å². The van der Waals surface area contributed by atoms with Gasteiger partial charge >= 0.3 is 0 Å². The van der Waals surface area contributed by atoms with Crippen molar-refractivity contribution >= 4 is 17.4 Å². The van der Waals surface area contributed by atoms with Gasteiger partial charge in [0.15, 0.2) is 0 Å². The van der Waals surface area contributed by atoms with Gasteiger partial charge < -0.3 is 19.5 Å². The summed E-state index contributed by atoms with van der Waals surface area (Å²) in [6.45, 7) is 10.0. The summed E-state index contributed by atoms with van der Waals surface area (Å²) in [7, 11) is 0. The van der Waals surface area contributed by atoms with Crippen LogP contribution in [0.4, 0.5) is 0 Å². The van der Waals surface area contributed by atoms with Crippen LogP contribution in [0.25, 0.3) is 11.4 Å². The Morgan fingerprint density at radius 2 is 1.75 bits per heavy atom. The van der Waals surface area contributed by atoms with E-state index in [0.717, 1.165) is 30.9 Å². The van der Waals surface area contributed by atoms with Crippen molar-refractivity contribution in [3.8, 4) is 11.4 Å². The first kappa shape index (κ1) is 27.6. The molecule has 1 atom stereocenters. The van der Waals surface area contributed by atoms with Crippen LogP contribution in [-0.4, -0.2) is 81.9 Å². The van der Waals surface area contributed by atoms with E-state index in [4.69, 9.17) is 9.47 Å². The number of ether oxygens (including phenoxy) is 2. The number of aromatic nitrogens is 2. The molecule has 1 unspecified atom stereocenters. The summed E-state index contributed by atoms with van der Waals surface area (Å²) in [4.78, 5) is 30.8. The standard InChI is InChI=1S/C31H36N4O5/c1-21(2)40-25-12-10-23(11-13-25)28-27(29(36)26-20-32-35(22(26)3)24-8-5-4-6-9-24)30(37)31(38)34(28)15-7-14-33-16-18-39-19-17-33/h4-6,8-13,20-21,28,36H,7,14-19H2,1-3H3. The van der Waals surface area contributed by atoms with E-state index in [1.54, 1.807) is 15.8 Å². The van der Waals surface area contributed by atoms with Crippen molar-refractivity contribution in [2.24, 2.45) is 0 Å². The molecule has 9 heteroatoms. The van der Waals surface area contributed by atoms with Gasteiger partial charge in [-0.1, -0.05) is 30.3 Å². The van der Waals surface area contributed by atoms with Gasteiger partial charge in [-0.25, -0.2) is 4.68 Å². The second-order valence-corrected chi connectivity index (χ2v) is 10.4. The van der Waals surface area contributed by atoms with E-state index in [-0.39, 0.29) is 17.4 Å². The van der Waals surface area contributed by atoms with E-state index in [0.29, 0.717) is 43.2 Å². The number of nitrogens with zero attached hydrogens (tertiary/aromatic N) is 4. The highest BCUT2D eigenvalue weighted by Crippen LogP contribution is 2.40. The number of benzene rings is 2. The first-order valence-corrected chi connectivity index (χ1v) is 13.8. The fourth-order valence-corrected chi connectivity index (χ4v) is 5.36. The molecule has 3 heterocycles. The van der Waals surface area contributed by atoms with Gasteiger partial charge in [-0.15, -0.1) is 0 Å². The quantitative estimate of drug-likeness (QED) is 0.246. The van der Waals surface area contributed by atoms with Crippen LogP contribution in [0.1, 0.15) is 43.1 Å². The summed E-state index contributed by atoms with van der Waals surface area (Å²) in [6, 6.07) is 16.2. The molecule has 40 heavy (non-hydrogen) atoms. The van der Waals surface area contributed by atoms with Crippen molar-refractivity contribution in [3.05, 3.63) is 83.2 Å². The predicted octanol–water partition coefficient (Wildman–Crippen LogP) is 4.11. The Kier molecular flexibility index (Phi) is 8.32. The number of aliphatic hydroxyl groups is 1. The molecule has 5 rings (SSSR count). The molecule has 1 N–H and O–H groups in total. The summed E-state index contributed by atoms with van der Waals surface area (Å²) in [6.07, 6.45) is 2.25. The number of hydrogen-bond donors (Lipinski definition) is 1. The maximum atomic E-state index is 13.5. The minimum Gasteiger partial charge on any atom is -0.507 e. The molecule has 210 valence electrons. The van der Waals surface area contributed by atoms with Gasteiger partial charge in [-0.2, -0.15) is 5.10 Å². The lowest BCUT2D eigenvalue weighted by Crippen LogP contribution is -2.38. The maximum absolute atomic E-state index is 13.5. The molecule has 1 amide bonds. The Hall–Kier alpha value is -3.95. The van der Waals surface area contributed by atoms with E-state index in [2.05, 4.69) is 10.00 Å². The molecule has 0 saturated carbocycles. The first-order chi connectivity index (χ1) is 19.3. The van der Waals surface area contributed by atoms with Crippen molar-refractivity contribution in [2.45, 2.75) is 39.3 Å². The monoisotopic (exact) mass is 544 g/mol. The number of aliphatic hydroxyl groups excluding tert-OH is 1. The number of para-hydroxylation sites is 1. The SMILES string of the molecule is Cc1c(C(O)=C2C(=O)C(=O)N(CCCN3CCOCC3)C2c2ccc(OC(C)C)cc2)cnn1-c1ccccc1. The van der Waals surface area contributed by atoms with E-state index in [9.17, 15) is 14.7 Å². The molecule has 0 radical (unpaired) electrons. The zero-order valence-corrected chi connectivity index (χ0v) is 23.2. The highest BCUT2D eigenvalue weighted by molar-refractivity contribution is 6.46. The number of amides is 1. The van der Waals surface area contributed by atoms with Gasteiger partial charge in [-0.05, 0) is 57.0 Å². The smallest absolute Gasteiger partial charge is 0.295 e. The molecule has 0 spiro atoms. The minimum absolute atomic E-state index is 0.0146. The molecule has 2 aromatic carbocycles. The van der Waals surface area contributed by atoms with Crippen molar-refractivity contribution in [1.82, 2.24) is 19.6 Å². The van der Waals surface area contributed by atoms with E-state index >= 15 is 0 Å². The summed E-state index contributed by atoms with van der Waals surface area (Å²) < 4.78 is 12.9. The molecular weight excluding hydrogens is 508 g/mol. The fourth-order valence-electron chi connectivity index (χ4n) is 5.36. The van der Waals surface area contributed by atoms with Crippen LogP contribution in [0.15, 0.2) is 66.4 Å². The molecule has 9 nitrogen and oxygen atoms in total. The number of carbonyl (C=O) groups is 2. The number of hydrogen-bond acceptors (Lipinski definition) is 7. The topological polar surface area (TPSA) is 97.1 Å². The molecule has 2 aliphatic heterocycles. The maximum Gasteiger partial charge on any atom is 0.295 e. The summed E-state index contributed by atoms with van der Waals surface area (Å²) >= 11 is 0. The van der Waals surface area contributed by atoms with Gasteiger partial charge in [0.1, 0.15) is 11.5 Å². The van der Waals surface area contributed by atoms with Gasteiger partial charge in [0.2, 0.25) is 0 Å². The van der Waals surface area contributed by atoms with Crippen LogP contribution in [-0.2, 0) is 14.3 Å². The predicted molar refractivity (Wildman–Crippen MR) is 151 cm³/mol. The van der Waals surface area contributed by atoms with Crippen LogP contribution in [0, 0.1) is 6.92 Å². The molecular formula is C31H36N4O5. The molecule has 1 aromatic heterocycles. The van der Waals surface area contributed by atoms with E-state index in [1.807, 2.05) is 75.4 Å². The molecule has 0 aliphatic carbocycles. The lowest BCUT2D eigenvalue weighted by atomic mass is 9.95. The highest BCUT2D eigenvalue weighted by Gasteiger charge is 2.46. The average Bonchev–Trinajstić information content (AvgIpc) is 3.46. The zero-order valence-electron chi connectivity index (χ0n) is 23.2. The highest BCUT2D eigenvalue weighted by atomic mass is 16.5. The Bertz CT molecular complexity index is 1370. The molecule has 2 saturated heterocycles. The van der Waals surface area contributed by atoms with Crippen molar-refractivity contribution < 1.29 is 24.2 Å². The number of carbonyl (C=O) groups excluding carboxylic acids is 2. The largest absolute Gasteiger partial charge is 0.507 e. The molecule has 3 aromatic rings. The van der Waals surface area contributed by atoms with Crippen LogP contribution in [0.5, 0.6) is 5.75 Å². The van der Waals surface area contributed by atoms with Crippen molar-refractivity contribution in [2.75, 3.05) is 39.4 Å². The van der Waals surface area contributed by atoms with E-state index < -0.39 is 17.7 Å². The van der Waals surface area contributed by atoms with Crippen LogP contribution in [0.3, 0.4) is 0 Å². The van der Waals surface area contributed by atoms with Crippen molar-refractivity contribution in [1.29, 1.82) is 0 Å². The van der Waals surface area contributed by atoms with Gasteiger partial charge in [0.05, 0.1) is 54.1 Å². The van der Waals surface area contributed by atoms with Gasteiger partial charge in [0, 0.05) is 26.2 Å². The number of rotatable bonds is 9. The number of morpholine rings is 1. The second-order valence-electron chi connectivity index (χ2n) is 10.4. The van der Waals surface area contributed by atoms with Gasteiger partial charge in [-0.3, -0.25) is 14.5 Å². The van der Waals surface area contributed by atoms with Crippen LogP contribution >= 0.6 is 0 Å². The van der Waals surface area contributed by atoms with E-state index in [1.165, 1.54) is 0 Å². The Morgan fingerprint density at radius 3 is 2.42 bits per heavy atom. The fraction of sp³-hybridized carbons (Fsp3) is 0.387. The summed E-state index contributed by atoms with van der Waals surface area (Å²) in [5, 5.41) is 16.0. The molecule has 2 fully saturated rings. The third-order valence-electron chi connectivity index (χ3n) is 7.35. The minimum atomic E-state index is -0.725. The average molecular weight is 545 g/mol. The molecule has 0 bridgehead atoms. The third-order valence-corrected chi connectivity index (χ3v) is 7.35. The number of ketones is 1. The summed E-state index contributed by atoms with van der Waals surface area (Å²) in [5.41, 5.74) is 2.72. The first-order valence-electron chi connectivity index (χ1n) is 13.8. The zero-order chi connectivity index (χ0) is 28.2. The van der Waals surface area contributed by atoms with Gasteiger partial charge in [0.25, 0.3) is 11.7 Å². The Morgan fingerprint density at radius 1 is 1.05 bits per heavy atom. The molecule has 2 aliphatic rings. The number of Topliss-reactive ketones (excluding diaryl/α,β-unsaturated/α-hetero) is 1. The van der Waals surface area contributed by atoms with Crippen LogP contribution in [0.2, 0.25) is 0 Å². The second kappa shape index (κ2) is 12.1. The third kappa shape index (κ3) is 5.66. The number of likely N-dealkylation sites (tertiary alicyclic amines) is 1. The summed E-state index contributed by atoms with van der Waals surface area (Å²) in [5.74, 6) is -0.823. The normalized spacial score (nSPS) is 19.5. The Balaban J connectivity index is 1.50.